The summed E-state index contributed by atoms with van der Waals surface area (Å²) in [5.41, 5.74) is 1.20. The fourth-order valence-electron chi connectivity index (χ4n) is 2.54. The summed E-state index contributed by atoms with van der Waals surface area (Å²) < 4.78 is 0. The number of hydrogen-bond donors (Lipinski definition) is 0. The molecule has 0 radical (unpaired) electrons. The van der Waals surface area contributed by atoms with Gasteiger partial charge in [0.2, 0.25) is 0 Å². The Morgan fingerprint density at radius 2 is 2.47 bits per heavy atom. The molecular formula is C13H17N3S. The van der Waals surface area contributed by atoms with Crippen LogP contribution in [0.3, 0.4) is 0 Å². The topological polar surface area (TPSA) is 39.9 Å². The van der Waals surface area contributed by atoms with Crippen molar-refractivity contribution in [3.63, 3.8) is 0 Å². The van der Waals surface area contributed by atoms with Crippen molar-refractivity contribution in [2.75, 3.05) is 20.1 Å². The standard InChI is InChI=1S/C13H17N3S/c1-16-5-2-10(7-16)11-8-17-12(15-11)6-13(9-14)3-4-13/h8,10H,2-7H2,1H3. The summed E-state index contributed by atoms with van der Waals surface area (Å²) in [5.74, 6) is 0.613. The molecule has 0 aromatic carbocycles. The van der Waals surface area contributed by atoms with Crippen molar-refractivity contribution in [2.45, 2.75) is 31.6 Å². The van der Waals surface area contributed by atoms with Crippen LogP contribution in [0.1, 0.15) is 35.9 Å². The van der Waals surface area contributed by atoms with E-state index in [4.69, 9.17) is 10.2 Å². The fourth-order valence-corrected chi connectivity index (χ4v) is 3.56. The number of likely N-dealkylation sites (N-methyl/N-ethyl adjacent to an activating group) is 1. The van der Waals surface area contributed by atoms with E-state index in [0.29, 0.717) is 5.92 Å². The van der Waals surface area contributed by atoms with E-state index in [0.717, 1.165) is 30.8 Å². The first-order valence-electron chi connectivity index (χ1n) is 6.25. The largest absolute Gasteiger partial charge is 0.306 e. The van der Waals surface area contributed by atoms with Crippen LogP contribution in [0, 0.1) is 16.7 Å². The van der Waals surface area contributed by atoms with E-state index in [1.54, 1.807) is 11.3 Å². The zero-order chi connectivity index (χ0) is 11.9. The average molecular weight is 247 g/mol. The maximum absolute atomic E-state index is 9.09. The molecule has 0 spiro atoms. The predicted molar refractivity (Wildman–Crippen MR) is 68.0 cm³/mol. The summed E-state index contributed by atoms with van der Waals surface area (Å²) >= 11 is 1.74. The third-order valence-corrected chi connectivity index (χ3v) is 4.83. The summed E-state index contributed by atoms with van der Waals surface area (Å²) in [4.78, 5) is 7.10. The molecule has 90 valence electrons. The van der Waals surface area contributed by atoms with Crippen molar-refractivity contribution in [1.29, 1.82) is 5.26 Å². The molecule has 1 saturated heterocycles. The Bertz CT molecular complexity index is 455. The van der Waals surface area contributed by atoms with Gasteiger partial charge < -0.3 is 4.90 Å². The summed E-state index contributed by atoms with van der Waals surface area (Å²) in [6.07, 6.45) is 4.22. The van der Waals surface area contributed by atoms with Crippen LogP contribution in [-0.4, -0.2) is 30.0 Å². The minimum atomic E-state index is -0.0540. The summed E-state index contributed by atoms with van der Waals surface area (Å²) in [6, 6.07) is 2.45. The number of rotatable bonds is 3. The van der Waals surface area contributed by atoms with E-state index in [1.165, 1.54) is 18.7 Å². The molecule has 0 amide bonds. The van der Waals surface area contributed by atoms with Crippen molar-refractivity contribution in [3.8, 4) is 6.07 Å². The molecule has 2 heterocycles. The van der Waals surface area contributed by atoms with Crippen molar-refractivity contribution < 1.29 is 0 Å². The molecule has 1 atom stereocenters. The number of nitrogens with zero attached hydrogens (tertiary/aromatic N) is 3. The minimum absolute atomic E-state index is 0.0540. The Labute approximate surface area is 106 Å². The van der Waals surface area contributed by atoms with Crippen LogP contribution in [0.4, 0.5) is 0 Å². The molecule has 1 aliphatic carbocycles. The summed E-state index contributed by atoms with van der Waals surface area (Å²) in [6.45, 7) is 2.31. The highest BCUT2D eigenvalue weighted by Gasteiger charge is 2.43. The summed E-state index contributed by atoms with van der Waals surface area (Å²) in [7, 11) is 2.17. The molecule has 2 fully saturated rings. The van der Waals surface area contributed by atoms with Gasteiger partial charge in [0.25, 0.3) is 0 Å². The highest BCUT2D eigenvalue weighted by molar-refractivity contribution is 7.09. The van der Waals surface area contributed by atoms with E-state index in [-0.39, 0.29) is 5.41 Å². The molecule has 2 aliphatic rings. The molecule has 3 rings (SSSR count). The first kappa shape index (κ1) is 11.2. The van der Waals surface area contributed by atoms with Gasteiger partial charge >= 0.3 is 0 Å². The lowest BCUT2D eigenvalue weighted by Crippen LogP contribution is -2.13. The van der Waals surface area contributed by atoms with Gasteiger partial charge in [0.1, 0.15) is 0 Å². The predicted octanol–water partition coefficient (Wildman–Crippen LogP) is 2.41. The SMILES string of the molecule is CN1CCC(c2csc(CC3(C#N)CC3)n2)C1. The Balaban J connectivity index is 1.69. The maximum Gasteiger partial charge on any atom is 0.0944 e. The van der Waals surface area contributed by atoms with Gasteiger partial charge in [-0.1, -0.05) is 0 Å². The number of hydrogen-bond acceptors (Lipinski definition) is 4. The normalized spacial score (nSPS) is 26.9. The molecule has 1 unspecified atom stereocenters. The van der Waals surface area contributed by atoms with E-state index in [1.807, 2.05) is 0 Å². The Morgan fingerprint density at radius 1 is 1.65 bits per heavy atom. The van der Waals surface area contributed by atoms with Crippen LogP contribution in [0.15, 0.2) is 5.38 Å². The van der Waals surface area contributed by atoms with Crippen LogP contribution in [0.2, 0.25) is 0 Å². The lowest BCUT2D eigenvalue weighted by molar-refractivity contribution is 0.411. The number of aromatic nitrogens is 1. The number of thiazole rings is 1. The molecule has 3 nitrogen and oxygen atoms in total. The lowest BCUT2D eigenvalue weighted by Gasteiger charge is -2.07. The van der Waals surface area contributed by atoms with Crippen molar-refractivity contribution in [1.82, 2.24) is 9.88 Å². The number of nitriles is 1. The first-order chi connectivity index (χ1) is 8.21. The fraction of sp³-hybridized carbons (Fsp3) is 0.692. The van der Waals surface area contributed by atoms with Gasteiger partial charge in [0, 0.05) is 24.3 Å². The lowest BCUT2D eigenvalue weighted by atomic mass is 10.0. The highest BCUT2D eigenvalue weighted by atomic mass is 32.1. The third-order valence-electron chi connectivity index (χ3n) is 3.96. The van der Waals surface area contributed by atoms with Gasteiger partial charge in [-0.2, -0.15) is 5.26 Å². The molecule has 1 aromatic heterocycles. The van der Waals surface area contributed by atoms with Gasteiger partial charge in [0.05, 0.1) is 22.2 Å². The quantitative estimate of drug-likeness (QED) is 0.823. The molecular weight excluding hydrogens is 230 g/mol. The monoisotopic (exact) mass is 247 g/mol. The first-order valence-corrected chi connectivity index (χ1v) is 7.13. The summed E-state index contributed by atoms with van der Waals surface area (Å²) in [5, 5.41) is 12.5. The highest BCUT2D eigenvalue weighted by Crippen LogP contribution is 2.48. The Morgan fingerprint density at radius 3 is 3.06 bits per heavy atom. The molecule has 0 N–H and O–H groups in total. The second-order valence-electron chi connectivity index (χ2n) is 5.48. The Hall–Kier alpha value is -0.920. The molecule has 1 aromatic rings. The zero-order valence-corrected chi connectivity index (χ0v) is 11.0. The van der Waals surface area contributed by atoms with Crippen LogP contribution in [-0.2, 0) is 6.42 Å². The molecule has 4 heteroatoms. The zero-order valence-electron chi connectivity index (χ0n) is 10.1. The van der Waals surface area contributed by atoms with Crippen molar-refractivity contribution >= 4 is 11.3 Å². The van der Waals surface area contributed by atoms with Gasteiger partial charge in [0.15, 0.2) is 0 Å². The molecule has 0 bridgehead atoms. The molecule has 1 saturated carbocycles. The molecule has 17 heavy (non-hydrogen) atoms. The van der Waals surface area contributed by atoms with Gasteiger partial charge in [-0.15, -0.1) is 11.3 Å². The van der Waals surface area contributed by atoms with Crippen molar-refractivity contribution in [2.24, 2.45) is 5.41 Å². The van der Waals surface area contributed by atoms with E-state index < -0.39 is 0 Å². The second-order valence-corrected chi connectivity index (χ2v) is 6.43. The van der Waals surface area contributed by atoms with Crippen molar-refractivity contribution in [3.05, 3.63) is 16.1 Å². The minimum Gasteiger partial charge on any atom is -0.306 e. The van der Waals surface area contributed by atoms with E-state index in [9.17, 15) is 0 Å². The van der Waals surface area contributed by atoms with Gasteiger partial charge in [-0.25, -0.2) is 4.98 Å². The van der Waals surface area contributed by atoms with Crippen LogP contribution in [0.5, 0.6) is 0 Å². The van der Waals surface area contributed by atoms with Gasteiger partial charge in [-0.3, -0.25) is 0 Å². The van der Waals surface area contributed by atoms with Gasteiger partial charge in [-0.05, 0) is 32.9 Å². The number of likely N-dealkylation sites (tertiary alicyclic amines) is 1. The van der Waals surface area contributed by atoms with E-state index in [2.05, 4.69) is 23.4 Å². The maximum atomic E-state index is 9.09. The third kappa shape index (κ3) is 2.22. The van der Waals surface area contributed by atoms with E-state index >= 15 is 0 Å². The second kappa shape index (κ2) is 4.08. The van der Waals surface area contributed by atoms with Crippen LogP contribution >= 0.6 is 11.3 Å². The average Bonchev–Trinajstić information content (AvgIpc) is 2.73. The van der Waals surface area contributed by atoms with Crippen LogP contribution < -0.4 is 0 Å². The Kier molecular flexibility index (Phi) is 2.68. The molecule has 1 aliphatic heterocycles. The van der Waals surface area contributed by atoms with Crippen LogP contribution in [0.25, 0.3) is 0 Å². The smallest absolute Gasteiger partial charge is 0.0944 e.